The van der Waals surface area contributed by atoms with Gasteiger partial charge in [-0.05, 0) is 49.5 Å². The number of thiazole rings is 1. The molecule has 0 radical (unpaired) electrons. The van der Waals surface area contributed by atoms with Gasteiger partial charge in [0.05, 0.1) is 11.8 Å². The molecule has 4 rings (SSSR count). The zero-order valence-corrected chi connectivity index (χ0v) is 18.5. The van der Waals surface area contributed by atoms with Gasteiger partial charge in [-0.25, -0.2) is 4.98 Å². The highest BCUT2D eigenvalue weighted by Gasteiger charge is 2.24. The maximum Gasteiger partial charge on any atom is 0.260 e. The fourth-order valence-electron chi connectivity index (χ4n) is 3.52. The van der Waals surface area contributed by atoms with Gasteiger partial charge in [0.2, 0.25) is 0 Å². The van der Waals surface area contributed by atoms with Gasteiger partial charge in [0.25, 0.3) is 5.91 Å². The zero-order chi connectivity index (χ0) is 21.3. The number of fused-ring (bicyclic) bond motifs is 2. The summed E-state index contributed by atoms with van der Waals surface area (Å²) in [6, 6.07) is 17.8. The summed E-state index contributed by atoms with van der Waals surface area (Å²) in [4.78, 5) is 22.4. The molecule has 0 spiro atoms. The molecule has 0 saturated carbocycles. The van der Waals surface area contributed by atoms with E-state index in [9.17, 15) is 4.79 Å². The number of hydrogen-bond donors (Lipinski definition) is 0. The molecule has 0 saturated heterocycles. The summed E-state index contributed by atoms with van der Waals surface area (Å²) in [7, 11) is 5.66. The van der Waals surface area contributed by atoms with Crippen LogP contribution < -0.4 is 9.64 Å². The quantitative estimate of drug-likeness (QED) is 0.442. The van der Waals surface area contributed by atoms with Crippen LogP contribution >= 0.6 is 11.3 Å². The average molecular weight is 420 g/mol. The van der Waals surface area contributed by atoms with E-state index < -0.39 is 0 Å². The summed E-state index contributed by atoms with van der Waals surface area (Å²) in [5, 5.41) is 2.70. The molecule has 0 fully saturated rings. The average Bonchev–Trinajstić information content (AvgIpc) is 3.19. The monoisotopic (exact) mass is 419 g/mol. The first kappa shape index (κ1) is 20.3. The van der Waals surface area contributed by atoms with Crippen LogP contribution in [0.2, 0.25) is 0 Å². The summed E-state index contributed by atoms with van der Waals surface area (Å²) in [6.07, 6.45) is 0. The molecule has 6 heteroatoms. The van der Waals surface area contributed by atoms with E-state index in [1.54, 1.807) is 12.0 Å². The second-order valence-corrected chi connectivity index (χ2v) is 8.52. The Morgan fingerprint density at radius 2 is 1.80 bits per heavy atom. The van der Waals surface area contributed by atoms with Crippen molar-refractivity contribution in [2.24, 2.45) is 0 Å². The van der Waals surface area contributed by atoms with Crippen LogP contribution in [0, 0.1) is 6.92 Å². The molecule has 154 valence electrons. The number of likely N-dealkylation sites (N-methyl/N-ethyl adjacent to an activating group) is 1. The predicted octanol–water partition coefficient (Wildman–Crippen LogP) is 4.97. The van der Waals surface area contributed by atoms with E-state index >= 15 is 0 Å². The standard InChI is InChI=1S/C24H25N3O2S/c1-16-12-13-20(29-4)21-22(16)30-24(25-21)27(15-14-26(2)3)23(28)19-11-7-9-17-8-5-6-10-18(17)19/h5-13H,14-15H2,1-4H3. The number of rotatable bonds is 6. The highest BCUT2D eigenvalue weighted by Crippen LogP contribution is 2.37. The van der Waals surface area contributed by atoms with Gasteiger partial charge in [0.15, 0.2) is 5.13 Å². The highest BCUT2D eigenvalue weighted by molar-refractivity contribution is 7.22. The van der Waals surface area contributed by atoms with Crippen LogP contribution in [0.15, 0.2) is 54.6 Å². The number of aryl methyl sites for hydroxylation is 1. The Morgan fingerprint density at radius 1 is 1.03 bits per heavy atom. The molecule has 0 atom stereocenters. The van der Waals surface area contributed by atoms with Crippen molar-refractivity contribution in [2.75, 3.05) is 39.2 Å². The first-order valence-corrected chi connectivity index (χ1v) is 10.7. The Hall–Kier alpha value is -2.96. The molecule has 1 heterocycles. The van der Waals surface area contributed by atoms with Crippen molar-refractivity contribution < 1.29 is 9.53 Å². The molecular formula is C24H25N3O2S. The van der Waals surface area contributed by atoms with E-state index in [0.717, 1.165) is 38.8 Å². The van der Waals surface area contributed by atoms with Crippen molar-refractivity contribution >= 4 is 43.4 Å². The van der Waals surface area contributed by atoms with Gasteiger partial charge in [-0.3, -0.25) is 9.69 Å². The summed E-state index contributed by atoms with van der Waals surface area (Å²) < 4.78 is 6.56. The smallest absolute Gasteiger partial charge is 0.260 e. The summed E-state index contributed by atoms with van der Waals surface area (Å²) in [5.74, 6) is 0.688. The topological polar surface area (TPSA) is 45.7 Å². The van der Waals surface area contributed by atoms with E-state index in [1.807, 2.05) is 68.7 Å². The number of anilines is 1. The number of nitrogens with zero attached hydrogens (tertiary/aromatic N) is 3. The summed E-state index contributed by atoms with van der Waals surface area (Å²) >= 11 is 1.54. The number of benzene rings is 3. The molecule has 3 aromatic carbocycles. The van der Waals surface area contributed by atoms with Gasteiger partial charge in [-0.1, -0.05) is 53.8 Å². The molecule has 1 amide bonds. The first-order chi connectivity index (χ1) is 14.5. The second kappa shape index (κ2) is 8.42. The van der Waals surface area contributed by atoms with Gasteiger partial charge in [-0.15, -0.1) is 0 Å². The molecule has 0 aliphatic heterocycles. The number of methoxy groups -OCH3 is 1. The van der Waals surface area contributed by atoms with E-state index in [2.05, 4.69) is 11.8 Å². The molecule has 0 aliphatic rings. The van der Waals surface area contributed by atoms with Crippen molar-refractivity contribution in [1.29, 1.82) is 0 Å². The van der Waals surface area contributed by atoms with Gasteiger partial charge < -0.3 is 9.64 Å². The number of aromatic nitrogens is 1. The number of hydrogen-bond acceptors (Lipinski definition) is 5. The van der Waals surface area contributed by atoms with E-state index in [0.29, 0.717) is 17.2 Å². The lowest BCUT2D eigenvalue weighted by atomic mass is 10.0. The van der Waals surface area contributed by atoms with Gasteiger partial charge in [0, 0.05) is 18.7 Å². The van der Waals surface area contributed by atoms with Crippen LogP contribution in [0.5, 0.6) is 5.75 Å². The van der Waals surface area contributed by atoms with Gasteiger partial charge in [0.1, 0.15) is 11.3 Å². The van der Waals surface area contributed by atoms with E-state index in [-0.39, 0.29) is 5.91 Å². The van der Waals surface area contributed by atoms with Crippen LogP contribution in [-0.2, 0) is 0 Å². The second-order valence-electron chi connectivity index (χ2n) is 7.55. The third-order valence-electron chi connectivity index (χ3n) is 5.18. The minimum Gasteiger partial charge on any atom is -0.494 e. The lowest BCUT2D eigenvalue weighted by Gasteiger charge is -2.22. The first-order valence-electron chi connectivity index (χ1n) is 9.88. The highest BCUT2D eigenvalue weighted by atomic mass is 32.1. The van der Waals surface area contributed by atoms with Crippen LogP contribution in [0.1, 0.15) is 15.9 Å². The molecule has 5 nitrogen and oxygen atoms in total. The third-order valence-corrected chi connectivity index (χ3v) is 6.39. The maximum absolute atomic E-state index is 13.7. The van der Waals surface area contributed by atoms with E-state index in [4.69, 9.17) is 9.72 Å². The SMILES string of the molecule is COc1ccc(C)c2sc(N(CCN(C)C)C(=O)c3cccc4ccccc34)nc12. The Labute approximate surface area is 180 Å². The fraction of sp³-hybridized carbons (Fsp3) is 0.250. The van der Waals surface area contributed by atoms with Crippen molar-refractivity contribution in [2.45, 2.75) is 6.92 Å². The molecule has 30 heavy (non-hydrogen) atoms. The molecule has 0 bridgehead atoms. The largest absolute Gasteiger partial charge is 0.494 e. The van der Waals surface area contributed by atoms with Crippen LogP contribution in [0.3, 0.4) is 0 Å². The van der Waals surface area contributed by atoms with Crippen molar-refractivity contribution in [3.05, 3.63) is 65.7 Å². The molecule has 0 aliphatic carbocycles. The van der Waals surface area contributed by atoms with E-state index in [1.165, 1.54) is 11.3 Å². The number of carbonyl (C=O) groups excluding carboxylic acids is 1. The minimum atomic E-state index is -0.0377. The Kier molecular flexibility index (Phi) is 5.70. The third kappa shape index (κ3) is 3.76. The minimum absolute atomic E-state index is 0.0377. The van der Waals surface area contributed by atoms with Crippen LogP contribution in [0.4, 0.5) is 5.13 Å². The van der Waals surface area contributed by atoms with Crippen molar-refractivity contribution in [1.82, 2.24) is 9.88 Å². The lowest BCUT2D eigenvalue weighted by Crippen LogP contribution is -2.36. The lowest BCUT2D eigenvalue weighted by molar-refractivity contribution is 0.0987. The number of amides is 1. The van der Waals surface area contributed by atoms with Gasteiger partial charge in [-0.2, -0.15) is 0 Å². The number of carbonyl (C=O) groups is 1. The maximum atomic E-state index is 13.7. The zero-order valence-electron chi connectivity index (χ0n) is 17.7. The number of ether oxygens (including phenoxy) is 1. The summed E-state index contributed by atoms with van der Waals surface area (Å²) in [6.45, 7) is 3.35. The van der Waals surface area contributed by atoms with Crippen LogP contribution in [0.25, 0.3) is 21.0 Å². The Bertz CT molecular complexity index is 1210. The van der Waals surface area contributed by atoms with Crippen molar-refractivity contribution in [3.63, 3.8) is 0 Å². The van der Waals surface area contributed by atoms with Crippen molar-refractivity contribution in [3.8, 4) is 5.75 Å². The summed E-state index contributed by atoms with van der Waals surface area (Å²) in [5.41, 5.74) is 2.62. The molecule has 1 aromatic heterocycles. The Morgan fingerprint density at radius 3 is 2.57 bits per heavy atom. The molecule has 0 N–H and O–H groups in total. The predicted molar refractivity (Wildman–Crippen MR) is 125 cm³/mol. The van der Waals surface area contributed by atoms with Gasteiger partial charge >= 0.3 is 0 Å². The van der Waals surface area contributed by atoms with Crippen LogP contribution in [-0.4, -0.2) is 50.1 Å². The molecular weight excluding hydrogens is 394 g/mol. The normalized spacial score (nSPS) is 11.4. The molecule has 4 aromatic rings. The fourth-order valence-corrected chi connectivity index (χ4v) is 4.60. The Balaban J connectivity index is 1.83. The molecule has 0 unspecified atom stereocenters.